The van der Waals surface area contributed by atoms with Crippen LogP contribution in [-0.4, -0.2) is 15.8 Å². The van der Waals surface area contributed by atoms with E-state index in [4.69, 9.17) is 4.74 Å². The summed E-state index contributed by atoms with van der Waals surface area (Å²) in [5, 5.41) is 0. The molecule has 0 aliphatic carbocycles. The van der Waals surface area contributed by atoms with Crippen LogP contribution >= 0.6 is 0 Å². The zero-order valence-corrected chi connectivity index (χ0v) is 12.8. The second kappa shape index (κ2) is 6.83. The number of ketones is 1. The second-order valence-electron chi connectivity index (χ2n) is 5.26. The van der Waals surface area contributed by atoms with Gasteiger partial charge in [-0.15, -0.1) is 0 Å². The van der Waals surface area contributed by atoms with Crippen LogP contribution in [0.5, 0.6) is 11.5 Å². The molecular formula is C19H16N2O2. The van der Waals surface area contributed by atoms with Crippen LogP contribution < -0.4 is 4.74 Å². The molecule has 2 heterocycles. The van der Waals surface area contributed by atoms with Gasteiger partial charge in [0, 0.05) is 24.9 Å². The summed E-state index contributed by atoms with van der Waals surface area (Å²) in [6.07, 6.45) is 5.20. The van der Waals surface area contributed by atoms with Crippen molar-refractivity contribution in [1.82, 2.24) is 9.97 Å². The van der Waals surface area contributed by atoms with Gasteiger partial charge in [-0.25, -0.2) is 0 Å². The van der Waals surface area contributed by atoms with Gasteiger partial charge in [0.25, 0.3) is 0 Å². The zero-order valence-electron chi connectivity index (χ0n) is 12.8. The number of nitrogens with zero attached hydrogens (tertiary/aromatic N) is 2. The van der Waals surface area contributed by atoms with Crippen molar-refractivity contribution in [2.24, 2.45) is 0 Å². The van der Waals surface area contributed by atoms with Gasteiger partial charge in [0.1, 0.15) is 17.2 Å². The van der Waals surface area contributed by atoms with E-state index in [0.717, 1.165) is 11.1 Å². The maximum atomic E-state index is 12.4. The maximum Gasteiger partial charge on any atom is 0.185 e. The Balaban J connectivity index is 1.75. The molecule has 0 aliphatic heterocycles. The number of benzene rings is 1. The fourth-order valence-electron chi connectivity index (χ4n) is 2.27. The van der Waals surface area contributed by atoms with Gasteiger partial charge in [0.05, 0.1) is 6.20 Å². The van der Waals surface area contributed by atoms with Crippen molar-refractivity contribution in [3.8, 4) is 11.5 Å². The molecule has 4 heteroatoms. The first-order valence-corrected chi connectivity index (χ1v) is 7.33. The molecule has 1 aromatic carbocycles. The summed E-state index contributed by atoms with van der Waals surface area (Å²) in [5.74, 6) is 1.16. The van der Waals surface area contributed by atoms with E-state index in [0.29, 0.717) is 23.6 Å². The first-order valence-electron chi connectivity index (χ1n) is 7.33. The monoisotopic (exact) mass is 304 g/mol. The van der Waals surface area contributed by atoms with Gasteiger partial charge >= 0.3 is 0 Å². The topological polar surface area (TPSA) is 52.1 Å². The molecule has 0 saturated heterocycles. The van der Waals surface area contributed by atoms with Crippen LogP contribution in [0.2, 0.25) is 0 Å². The van der Waals surface area contributed by atoms with Crippen molar-refractivity contribution in [3.05, 3.63) is 83.9 Å². The minimum Gasteiger partial charge on any atom is -0.456 e. The molecule has 0 fully saturated rings. The van der Waals surface area contributed by atoms with Gasteiger partial charge in [-0.1, -0.05) is 29.8 Å². The molecule has 114 valence electrons. The van der Waals surface area contributed by atoms with Crippen molar-refractivity contribution >= 4 is 5.78 Å². The van der Waals surface area contributed by atoms with Crippen molar-refractivity contribution < 1.29 is 9.53 Å². The van der Waals surface area contributed by atoms with Crippen LogP contribution in [0.25, 0.3) is 0 Å². The molecule has 3 aromatic rings. The summed E-state index contributed by atoms with van der Waals surface area (Å²) in [4.78, 5) is 20.5. The van der Waals surface area contributed by atoms with E-state index < -0.39 is 0 Å². The van der Waals surface area contributed by atoms with Crippen LogP contribution in [-0.2, 0) is 6.42 Å². The Bertz CT molecular complexity index is 816. The van der Waals surface area contributed by atoms with E-state index >= 15 is 0 Å². The third-order valence-electron chi connectivity index (χ3n) is 3.33. The molecule has 0 radical (unpaired) electrons. The average molecular weight is 304 g/mol. The molecule has 2 aromatic heterocycles. The van der Waals surface area contributed by atoms with Crippen LogP contribution in [0.1, 0.15) is 21.6 Å². The number of pyridine rings is 2. The van der Waals surface area contributed by atoms with E-state index in [1.54, 1.807) is 36.8 Å². The summed E-state index contributed by atoms with van der Waals surface area (Å²) in [6.45, 7) is 2.01. The highest BCUT2D eigenvalue weighted by molar-refractivity contribution is 5.96. The van der Waals surface area contributed by atoms with E-state index in [1.165, 1.54) is 0 Å². The number of carbonyl (C=O) groups is 1. The van der Waals surface area contributed by atoms with Gasteiger partial charge in [0.2, 0.25) is 0 Å². The van der Waals surface area contributed by atoms with Crippen molar-refractivity contribution in [1.29, 1.82) is 0 Å². The zero-order chi connectivity index (χ0) is 16.1. The molecule has 0 amide bonds. The first-order chi connectivity index (χ1) is 11.2. The number of ether oxygens (including phenoxy) is 1. The van der Waals surface area contributed by atoms with Gasteiger partial charge < -0.3 is 4.74 Å². The van der Waals surface area contributed by atoms with E-state index in [1.807, 2.05) is 37.3 Å². The van der Waals surface area contributed by atoms with Gasteiger partial charge in [-0.05, 0) is 30.7 Å². The quantitative estimate of drug-likeness (QED) is 0.668. The normalized spacial score (nSPS) is 10.3. The molecule has 0 bridgehead atoms. The number of Topliss-reactive ketones (excluding diaryl/α,β-unsaturated/α-hetero) is 1. The third kappa shape index (κ3) is 4.01. The Hall–Kier alpha value is -3.01. The Morgan fingerprint density at radius 3 is 2.74 bits per heavy atom. The highest BCUT2D eigenvalue weighted by atomic mass is 16.5. The summed E-state index contributed by atoms with van der Waals surface area (Å²) in [7, 11) is 0. The fourth-order valence-corrected chi connectivity index (χ4v) is 2.27. The second-order valence-corrected chi connectivity index (χ2v) is 5.26. The highest BCUT2D eigenvalue weighted by Crippen LogP contribution is 2.20. The lowest BCUT2D eigenvalue weighted by atomic mass is 10.0. The highest BCUT2D eigenvalue weighted by Gasteiger charge is 2.10. The Morgan fingerprint density at radius 1 is 1.04 bits per heavy atom. The molecule has 4 nitrogen and oxygen atoms in total. The molecule has 3 rings (SSSR count). The number of rotatable bonds is 5. The average Bonchev–Trinajstić information content (AvgIpc) is 2.56. The molecule has 0 spiro atoms. The summed E-state index contributed by atoms with van der Waals surface area (Å²) in [6, 6.07) is 14.9. The third-order valence-corrected chi connectivity index (χ3v) is 3.33. The first kappa shape index (κ1) is 14.9. The minimum atomic E-state index is -0.0350. The van der Waals surface area contributed by atoms with Gasteiger partial charge in [-0.3, -0.25) is 14.8 Å². The summed E-state index contributed by atoms with van der Waals surface area (Å²) < 4.78 is 5.68. The lowest BCUT2D eigenvalue weighted by Crippen LogP contribution is -2.06. The number of aromatic nitrogens is 2. The summed E-state index contributed by atoms with van der Waals surface area (Å²) >= 11 is 0. The van der Waals surface area contributed by atoms with E-state index in [2.05, 4.69) is 9.97 Å². The van der Waals surface area contributed by atoms with Crippen LogP contribution in [0.4, 0.5) is 0 Å². The number of hydrogen-bond acceptors (Lipinski definition) is 4. The SMILES string of the molecule is Cc1cccc(CC(=O)c2cc(Oc3cccnc3)ccn2)c1. The van der Waals surface area contributed by atoms with E-state index in [9.17, 15) is 4.79 Å². The molecule has 0 atom stereocenters. The Morgan fingerprint density at radius 2 is 1.96 bits per heavy atom. The lowest BCUT2D eigenvalue weighted by Gasteiger charge is -2.06. The molecular weight excluding hydrogens is 288 g/mol. The van der Waals surface area contributed by atoms with Crippen molar-refractivity contribution in [3.63, 3.8) is 0 Å². The Labute approximate surface area is 134 Å². The standard InChI is InChI=1S/C19H16N2O2/c1-14-4-2-5-15(10-14)11-19(22)18-12-16(7-9-21-18)23-17-6-3-8-20-13-17/h2-10,12-13H,11H2,1H3. The predicted molar refractivity (Wildman–Crippen MR) is 87.8 cm³/mol. The number of hydrogen-bond donors (Lipinski definition) is 0. The van der Waals surface area contributed by atoms with Gasteiger partial charge in [-0.2, -0.15) is 0 Å². The number of carbonyl (C=O) groups excluding carboxylic acids is 1. The van der Waals surface area contributed by atoms with Crippen LogP contribution in [0.15, 0.2) is 67.1 Å². The maximum absolute atomic E-state index is 12.4. The lowest BCUT2D eigenvalue weighted by molar-refractivity contribution is 0.0988. The fraction of sp³-hybridized carbons (Fsp3) is 0.105. The summed E-state index contributed by atoms with van der Waals surface area (Å²) in [5.41, 5.74) is 2.51. The molecule has 23 heavy (non-hydrogen) atoms. The minimum absolute atomic E-state index is 0.0350. The van der Waals surface area contributed by atoms with Crippen molar-refractivity contribution in [2.75, 3.05) is 0 Å². The largest absolute Gasteiger partial charge is 0.456 e. The van der Waals surface area contributed by atoms with Crippen LogP contribution in [0.3, 0.4) is 0 Å². The van der Waals surface area contributed by atoms with Gasteiger partial charge in [0.15, 0.2) is 5.78 Å². The predicted octanol–water partition coefficient (Wildman–Crippen LogP) is 4.00. The van der Waals surface area contributed by atoms with Crippen LogP contribution in [0, 0.1) is 6.92 Å². The molecule has 0 saturated carbocycles. The molecule has 0 aliphatic rings. The van der Waals surface area contributed by atoms with Crippen molar-refractivity contribution in [2.45, 2.75) is 13.3 Å². The molecule has 0 unspecified atom stereocenters. The van der Waals surface area contributed by atoms with E-state index in [-0.39, 0.29) is 5.78 Å². The number of aryl methyl sites for hydroxylation is 1. The molecule has 0 N–H and O–H groups in total. The smallest absolute Gasteiger partial charge is 0.185 e. The Kier molecular flexibility index (Phi) is 4.43.